The number of rotatable bonds is 2. The van der Waals surface area contributed by atoms with Gasteiger partial charge in [0.05, 0.1) is 36.9 Å². The second kappa shape index (κ2) is 16.1. The summed E-state index contributed by atoms with van der Waals surface area (Å²) in [7, 11) is 0. The average molecular weight is 735 g/mol. The second-order valence-corrected chi connectivity index (χ2v) is 10.3. The lowest BCUT2D eigenvalue weighted by Gasteiger charge is -2.04. The molecule has 0 bridgehead atoms. The maximum absolute atomic E-state index is 13.6. The standard InChI is InChI=1S/C17H10FN5.C11H7FIN3.C6H4N2/c1-12-7-14(3-4-15-11-20-5-6-21-15)22-23(12)17-9-13(18)8-16(10-17)19-2;1-7-3-11(13)15-16(7)10-5-8(12)4-9(6-10)14-2;1-2-6-5-7-3-4-8-6/h5-11H,1H3;3-6H,1H3;1,3-5H. The molecule has 0 aliphatic carbocycles. The van der Waals surface area contributed by atoms with Gasteiger partial charge in [0.15, 0.2) is 11.4 Å². The first-order valence-corrected chi connectivity index (χ1v) is 14.4. The van der Waals surface area contributed by atoms with E-state index in [-0.39, 0.29) is 11.4 Å². The Labute approximate surface area is 283 Å². The van der Waals surface area contributed by atoms with Crippen molar-refractivity contribution in [3.63, 3.8) is 0 Å². The van der Waals surface area contributed by atoms with E-state index in [1.165, 1.54) is 24.3 Å². The predicted molar refractivity (Wildman–Crippen MR) is 180 cm³/mol. The number of benzene rings is 2. The fourth-order valence-electron chi connectivity index (χ4n) is 3.85. The molecule has 2 aromatic carbocycles. The molecule has 0 atom stereocenters. The number of hydrogen-bond acceptors (Lipinski definition) is 6. The maximum atomic E-state index is 13.6. The zero-order valence-electron chi connectivity index (χ0n) is 24.8. The molecule has 0 spiro atoms. The van der Waals surface area contributed by atoms with E-state index in [4.69, 9.17) is 19.6 Å². The molecule has 0 saturated carbocycles. The summed E-state index contributed by atoms with van der Waals surface area (Å²) in [6.07, 6.45) is 14.4. The zero-order chi connectivity index (χ0) is 33.8. The van der Waals surface area contributed by atoms with E-state index < -0.39 is 11.6 Å². The summed E-state index contributed by atoms with van der Waals surface area (Å²) < 4.78 is 30.8. The minimum Gasteiger partial charge on any atom is -0.260 e. The molecule has 0 aliphatic rings. The fourth-order valence-corrected chi connectivity index (χ4v) is 4.52. The monoisotopic (exact) mass is 734 g/mol. The summed E-state index contributed by atoms with van der Waals surface area (Å²) in [5.41, 5.74) is 4.91. The summed E-state index contributed by atoms with van der Waals surface area (Å²) in [5, 5.41) is 8.57. The number of halogens is 3. The van der Waals surface area contributed by atoms with Gasteiger partial charge in [-0.2, -0.15) is 10.2 Å². The highest BCUT2D eigenvalue weighted by molar-refractivity contribution is 14.1. The summed E-state index contributed by atoms with van der Waals surface area (Å²) in [5.74, 6) is 7.22. The Hall–Kier alpha value is -6.29. The van der Waals surface area contributed by atoms with Gasteiger partial charge in [-0.05, 0) is 103 Å². The van der Waals surface area contributed by atoms with Gasteiger partial charge in [0, 0.05) is 36.2 Å². The van der Waals surface area contributed by atoms with Gasteiger partial charge in [0.2, 0.25) is 0 Å². The Kier molecular flexibility index (Phi) is 11.5. The van der Waals surface area contributed by atoms with Crippen molar-refractivity contribution in [2.75, 3.05) is 0 Å². The van der Waals surface area contributed by atoms with Crippen LogP contribution in [0.5, 0.6) is 0 Å². The largest absolute Gasteiger partial charge is 0.260 e. The van der Waals surface area contributed by atoms with E-state index >= 15 is 0 Å². The van der Waals surface area contributed by atoms with Gasteiger partial charge in [-0.25, -0.2) is 37.8 Å². The van der Waals surface area contributed by atoms with Crippen molar-refractivity contribution in [3.05, 3.63) is 152 Å². The first-order chi connectivity index (χ1) is 22.7. The lowest BCUT2D eigenvalue weighted by molar-refractivity contribution is 0.625. The molecule has 4 aromatic heterocycles. The Morgan fingerprint density at radius 3 is 1.64 bits per heavy atom. The zero-order valence-corrected chi connectivity index (χ0v) is 26.9. The first kappa shape index (κ1) is 33.6. The highest BCUT2D eigenvalue weighted by atomic mass is 127. The van der Waals surface area contributed by atoms with Gasteiger partial charge < -0.3 is 0 Å². The van der Waals surface area contributed by atoms with Gasteiger partial charge in [0.25, 0.3) is 0 Å². The Balaban J connectivity index is 0.000000180. The lowest BCUT2D eigenvalue weighted by Crippen LogP contribution is -1.99. The molecule has 0 aliphatic heterocycles. The molecule has 4 heterocycles. The van der Waals surface area contributed by atoms with Gasteiger partial charge >= 0.3 is 0 Å². The number of terminal acetylenes is 1. The number of aromatic nitrogens is 8. The molecule has 0 saturated heterocycles. The van der Waals surface area contributed by atoms with Crippen molar-refractivity contribution in [1.29, 1.82) is 0 Å². The average Bonchev–Trinajstić information content (AvgIpc) is 3.64. The molecular formula is C34H21F2IN10. The van der Waals surface area contributed by atoms with Gasteiger partial charge in [0.1, 0.15) is 32.4 Å². The molecule has 10 nitrogen and oxygen atoms in total. The smallest absolute Gasteiger partial charge is 0.192 e. The van der Waals surface area contributed by atoms with Crippen molar-refractivity contribution in [1.82, 2.24) is 39.5 Å². The molecule has 0 radical (unpaired) electrons. The number of aryl methyl sites for hydroxylation is 2. The van der Waals surface area contributed by atoms with Crippen LogP contribution in [0, 0.1) is 66.5 Å². The topological polar surface area (TPSA) is 95.9 Å². The van der Waals surface area contributed by atoms with Crippen molar-refractivity contribution < 1.29 is 8.78 Å². The minimum atomic E-state index is -0.476. The minimum absolute atomic E-state index is 0.224. The van der Waals surface area contributed by atoms with Crippen molar-refractivity contribution in [2.24, 2.45) is 0 Å². The van der Waals surface area contributed by atoms with Crippen LogP contribution in [0.25, 0.3) is 21.1 Å². The third-order valence-electron chi connectivity index (χ3n) is 5.82. The first-order valence-electron chi connectivity index (χ1n) is 13.4. The maximum Gasteiger partial charge on any atom is 0.192 e. The van der Waals surface area contributed by atoms with Gasteiger partial charge in [-0.3, -0.25) is 9.97 Å². The second-order valence-electron chi connectivity index (χ2n) is 9.24. The third-order valence-corrected chi connectivity index (χ3v) is 6.35. The van der Waals surface area contributed by atoms with Crippen molar-refractivity contribution >= 4 is 34.0 Å². The van der Waals surface area contributed by atoms with Crippen LogP contribution in [0.4, 0.5) is 20.2 Å². The third kappa shape index (κ3) is 9.60. The quantitative estimate of drug-likeness (QED) is 0.108. The van der Waals surface area contributed by atoms with Crippen LogP contribution in [0.3, 0.4) is 0 Å². The molecule has 47 heavy (non-hydrogen) atoms. The van der Waals surface area contributed by atoms with Crippen LogP contribution >= 0.6 is 22.6 Å². The van der Waals surface area contributed by atoms with Crippen LogP contribution in [0.2, 0.25) is 0 Å². The summed E-state index contributed by atoms with van der Waals surface area (Å²) in [4.78, 5) is 22.0. The van der Waals surface area contributed by atoms with Gasteiger partial charge in [-0.15, -0.1) is 6.42 Å². The van der Waals surface area contributed by atoms with Crippen LogP contribution in [0.15, 0.2) is 85.7 Å². The van der Waals surface area contributed by atoms with Crippen molar-refractivity contribution in [2.45, 2.75) is 13.8 Å². The normalized spacial score (nSPS) is 9.57. The van der Waals surface area contributed by atoms with Crippen LogP contribution in [0.1, 0.15) is 28.5 Å². The van der Waals surface area contributed by atoms with Gasteiger partial charge in [-0.1, -0.05) is 0 Å². The van der Waals surface area contributed by atoms with E-state index in [0.717, 1.165) is 15.1 Å². The molecule has 0 amide bonds. The molecule has 228 valence electrons. The Morgan fingerprint density at radius 1 is 0.681 bits per heavy atom. The Morgan fingerprint density at radius 2 is 1.19 bits per heavy atom. The fraction of sp³-hybridized carbons (Fsp3) is 0.0588. The van der Waals surface area contributed by atoms with Crippen molar-refractivity contribution in [3.8, 4) is 35.6 Å². The summed E-state index contributed by atoms with van der Waals surface area (Å²) in [6.45, 7) is 17.6. The van der Waals surface area contributed by atoms with E-state index in [1.54, 1.807) is 64.7 Å². The highest BCUT2D eigenvalue weighted by Gasteiger charge is 2.09. The molecule has 0 fully saturated rings. The molecular weight excluding hydrogens is 713 g/mol. The molecule has 6 aromatic rings. The SMILES string of the molecule is C#Cc1cnccn1.[C-]#[N+]c1cc(F)cc(-n2nc(C#Cc3cnccn3)cc2C)c1.[C-]#[N+]c1cc(F)cc(-n2nc(I)cc2C)c1. The molecule has 0 unspecified atom stereocenters. The molecule has 0 N–H and O–H groups in total. The van der Waals surface area contributed by atoms with Crippen LogP contribution < -0.4 is 0 Å². The summed E-state index contributed by atoms with van der Waals surface area (Å²) in [6, 6.07) is 12.0. The van der Waals surface area contributed by atoms with Crippen LogP contribution in [-0.2, 0) is 0 Å². The van der Waals surface area contributed by atoms with E-state index in [0.29, 0.717) is 28.5 Å². The predicted octanol–water partition coefficient (Wildman–Crippen LogP) is 6.99. The summed E-state index contributed by atoms with van der Waals surface area (Å²) >= 11 is 2.09. The number of hydrogen-bond donors (Lipinski definition) is 0. The van der Waals surface area contributed by atoms with E-state index in [9.17, 15) is 8.78 Å². The Bertz CT molecular complexity index is 2200. The number of nitrogens with zero attached hydrogens (tertiary/aromatic N) is 10. The molecule has 6 rings (SSSR count). The highest BCUT2D eigenvalue weighted by Crippen LogP contribution is 2.22. The van der Waals surface area contributed by atoms with E-state index in [2.05, 4.69) is 80.2 Å². The van der Waals surface area contributed by atoms with E-state index in [1.807, 2.05) is 19.9 Å². The molecule has 13 heteroatoms. The van der Waals surface area contributed by atoms with Crippen LogP contribution in [-0.4, -0.2) is 39.5 Å². The lowest BCUT2D eigenvalue weighted by atomic mass is 10.2.